The summed E-state index contributed by atoms with van der Waals surface area (Å²) < 4.78 is 3.89. The molecule has 0 bridgehead atoms. The Morgan fingerprint density at radius 2 is 2.00 bits per heavy atom. The SMILES string of the molecule is C[n+]1[c-]n(-c2[c-]cc(C#N)cc2)c2ccccc21.[Ir]. The van der Waals surface area contributed by atoms with Gasteiger partial charge >= 0.3 is 0 Å². The molecule has 3 nitrogen and oxygen atoms in total. The van der Waals surface area contributed by atoms with E-state index in [1.165, 1.54) is 0 Å². The van der Waals surface area contributed by atoms with Crippen LogP contribution < -0.4 is 4.57 Å². The Morgan fingerprint density at radius 3 is 2.68 bits per heavy atom. The zero-order valence-corrected chi connectivity index (χ0v) is 12.6. The van der Waals surface area contributed by atoms with Crippen LogP contribution in [-0.2, 0) is 27.2 Å². The van der Waals surface area contributed by atoms with Crippen LogP contribution in [-0.4, -0.2) is 4.57 Å². The summed E-state index contributed by atoms with van der Waals surface area (Å²) in [5, 5.41) is 8.79. The average molecular weight is 424 g/mol. The fraction of sp³-hybridized carbons (Fsp3) is 0.0667. The van der Waals surface area contributed by atoms with Gasteiger partial charge in [-0.1, -0.05) is 35.5 Å². The van der Waals surface area contributed by atoms with E-state index in [-0.39, 0.29) is 20.1 Å². The first-order chi connectivity index (χ1) is 8.79. The van der Waals surface area contributed by atoms with Crippen molar-refractivity contribution < 1.29 is 24.7 Å². The molecular weight excluding hydrogens is 414 g/mol. The van der Waals surface area contributed by atoms with Crippen molar-refractivity contribution in [3.8, 4) is 11.8 Å². The summed E-state index contributed by atoms with van der Waals surface area (Å²) in [5.74, 6) is 0. The largest absolute Gasteiger partial charge is 0.342 e. The van der Waals surface area contributed by atoms with E-state index in [1.54, 1.807) is 12.1 Å². The van der Waals surface area contributed by atoms with E-state index in [0.29, 0.717) is 5.56 Å². The van der Waals surface area contributed by atoms with Crippen LogP contribution in [0.3, 0.4) is 0 Å². The molecule has 95 valence electrons. The normalized spacial score (nSPS) is 9.89. The third kappa shape index (κ3) is 2.31. The maximum atomic E-state index is 8.79. The number of hydrogen-bond acceptors (Lipinski definition) is 1. The van der Waals surface area contributed by atoms with Crippen molar-refractivity contribution >= 4 is 11.0 Å². The van der Waals surface area contributed by atoms with Crippen LogP contribution in [0.2, 0.25) is 0 Å². The second-order valence-corrected chi connectivity index (χ2v) is 4.06. The van der Waals surface area contributed by atoms with E-state index in [1.807, 2.05) is 46.5 Å². The van der Waals surface area contributed by atoms with Crippen LogP contribution in [0.1, 0.15) is 5.56 Å². The van der Waals surface area contributed by atoms with E-state index < -0.39 is 0 Å². The number of para-hydroxylation sites is 2. The van der Waals surface area contributed by atoms with Gasteiger partial charge in [-0.3, -0.25) is 0 Å². The molecule has 0 spiro atoms. The van der Waals surface area contributed by atoms with E-state index in [2.05, 4.69) is 18.5 Å². The predicted molar refractivity (Wildman–Crippen MR) is 66.8 cm³/mol. The summed E-state index contributed by atoms with van der Waals surface area (Å²) in [6.07, 6.45) is 3.23. The minimum atomic E-state index is 0. The third-order valence-corrected chi connectivity index (χ3v) is 2.90. The molecule has 0 N–H and O–H groups in total. The number of nitriles is 1. The first-order valence-electron chi connectivity index (χ1n) is 5.60. The number of nitrogens with zero attached hydrogens (tertiary/aromatic N) is 3. The third-order valence-electron chi connectivity index (χ3n) is 2.90. The minimum Gasteiger partial charge on any atom is -0.342 e. The van der Waals surface area contributed by atoms with Crippen molar-refractivity contribution in [2.24, 2.45) is 7.05 Å². The van der Waals surface area contributed by atoms with Gasteiger partial charge in [-0.15, -0.1) is 0 Å². The first-order valence-corrected chi connectivity index (χ1v) is 5.60. The molecule has 0 aliphatic heterocycles. The molecule has 19 heavy (non-hydrogen) atoms. The Hall–Kier alpha value is -1.95. The van der Waals surface area contributed by atoms with Gasteiger partial charge in [0.2, 0.25) is 6.33 Å². The summed E-state index contributed by atoms with van der Waals surface area (Å²) in [6, 6.07) is 18.6. The van der Waals surface area contributed by atoms with Crippen LogP contribution in [0, 0.1) is 23.7 Å². The van der Waals surface area contributed by atoms with Crippen LogP contribution in [0.15, 0.2) is 42.5 Å². The van der Waals surface area contributed by atoms with Gasteiger partial charge in [-0.25, -0.2) is 5.26 Å². The van der Waals surface area contributed by atoms with Crippen LogP contribution in [0.4, 0.5) is 0 Å². The van der Waals surface area contributed by atoms with Gasteiger partial charge in [0.05, 0.1) is 18.1 Å². The molecule has 2 aromatic carbocycles. The average Bonchev–Trinajstić information content (AvgIpc) is 2.77. The Labute approximate surface area is 125 Å². The van der Waals surface area contributed by atoms with Gasteiger partial charge in [0.15, 0.2) is 0 Å². The second kappa shape index (κ2) is 5.36. The quantitative estimate of drug-likeness (QED) is 0.434. The molecule has 0 fully saturated rings. The van der Waals surface area contributed by atoms with Gasteiger partial charge in [-0.05, 0) is 0 Å². The minimum absolute atomic E-state index is 0. The number of imidazole rings is 1. The monoisotopic (exact) mass is 425 g/mol. The number of fused-ring (bicyclic) bond motifs is 1. The summed E-state index contributed by atoms with van der Waals surface area (Å²) in [4.78, 5) is 0. The van der Waals surface area contributed by atoms with Crippen molar-refractivity contribution in [2.45, 2.75) is 0 Å². The molecule has 0 aliphatic carbocycles. The standard InChI is InChI=1S/C15H10N3.Ir/c1-17-11-18(15-5-3-2-4-14(15)17)13-8-6-12(10-16)7-9-13;/h2-8H,1H3;/q-1;. The van der Waals surface area contributed by atoms with E-state index in [4.69, 9.17) is 5.26 Å². The Bertz CT molecular complexity index is 751. The van der Waals surface area contributed by atoms with Gasteiger partial charge in [0.25, 0.3) is 0 Å². The van der Waals surface area contributed by atoms with E-state index in [9.17, 15) is 0 Å². The molecule has 0 saturated heterocycles. The Balaban J connectivity index is 0.00000133. The molecule has 0 saturated carbocycles. The molecule has 0 unspecified atom stereocenters. The number of benzene rings is 2. The molecule has 1 aromatic heterocycles. The number of aromatic nitrogens is 2. The Kier molecular flexibility index (Phi) is 3.80. The fourth-order valence-corrected chi connectivity index (χ4v) is 2.00. The summed E-state index contributed by atoms with van der Waals surface area (Å²) in [6.45, 7) is 0. The Morgan fingerprint density at radius 1 is 1.21 bits per heavy atom. The molecule has 3 aromatic rings. The van der Waals surface area contributed by atoms with Crippen molar-refractivity contribution in [3.05, 3.63) is 60.4 Å². The molecule has 0 atom stereocenters. The van der Waals surface area contributed by atoms with Crippen molar-refractivity contribution in [1.82, 2.24) is 4.57 Å². The van der Waals surface area contributed by atoms with Crippen LogP contribution in [0.25, 0.3) is 16.7 Å². The topological polar surface area (TPSA) is 32.6 Å². The molecule has 1 radical (unpaired) electrons. The predicted octanol–water partition coefficient (Wildman–Crippen LogP) is 1.92. The summed E-state index contributed by atoms with van der Waals surface area (Å²) in [5.41, 5.74) is 3.67. The van der Waals surface area contributed by atoms with Crippen molar-refractivity contribution in [1.29, 1.82) is 5.26 Å². The van der Waals surface area contributed by atoms with Crippen molar-refractivity contribution in [3.63, 3.8) is 0 Å². The van der Waals surface area contributed by atoms with Gasteiger partial charge in [0, 0.05) is 26.2 Å². The summed E-state index contributed by atoms with van der Waals surface area (Å²) >= 11 is 0. The second-order valence-electron chi connectivity index (χ2n) is 4.06. The fourth-order valence-electron chi connectivity index (χ4n) is 2.00. The summed E-state index contributed by atoms with van der Waals surface area (Å²) in [7, 11) is 1.96. The van der Waals surface area contributed by atoms with Crippen LogP contribution >= 0.6 is 0 Å². The molecule has 4 heteroatoms. The van der Waals surface area contributed by atoms with Gasteiger partial charge in [-0.2, -0.15) is 24.3 Å². The smallest absolute Gasteiger partial charge is 0.242 e. The zero-order chi connectivity index (χ0) is 12.5. The zero-order valence-electron chi connectivity index (χ0n) is 10.2. The molecule has 0 aliphatic rings. The number of rotatable bonds is 1. The molecule has 3 rings (SSSR count). The molecular formula is C15H10IrN3-. The van der Waals surface area contributed by atoms with Gasteiger partial charge < -0.3 is 9.13 Å². The molecule has 1 heterocycles. The number of hydrogen-bond donors (Lipinski definition) is 0. The van der Waals surface area contributed by atoms with E-state index in [0.717, 1.165) is 16.7 Å². The van der Waals surface area contributed by atoms with Gasteiger partial charge in [0.1, 0.15) is 0 Å². The van der Waals surface area contributed by atoms with E-state index >= 15 is 0 Å². The molecule has 0 amide bonds. The maximum absolute atomic E-state index is 8.79. The first kappa shape index (κ1) is 13.5. The number of aryl methyl sites for hydroxylation is 1. The van der Waals surface area contributed by atoms with Crippen molar-refractivity contribution in [2.75, 3.05) is 0 Å². The van der Waals surface area contributed by atoms with Crippen LogP contribution in [0.5, 0.6) is 0 Å². The maximum Gasteiger partial charge on any atom is 0.242 e.